The lowest BCUT2D eigenvalue weighted by Gasteiger charge is -2.26. The van der Waals surface area contributed by atoms with Crippen LogP contribution in [0.2, 0.25) is 0 Å². The molecule has 2 atom stereocenters. The highest BCUT2D eigenvalue weighted by molar-refractivity contribution is 7.89. The Morgan fingerprint density at radius 3 is 2.48 bits per heavy atom. The highest BCUT2D eigenvalue weighted by atomic mass is 35.5. The topological polar surface area (TPSA) is 58.6 Å². The second-order valence-electron chi connectivity index (χ2n) is 5.39. The average Bonchev–Trinajstić information content (AvgIpc) is 2.73. The van der Waals surface area contributed by atoms with Crippen LogP contribution in [0.25, 0.3) is 0 Å². The molecule has 0 spiro atoms. The first-order chi connectivity index (χ1) is 9.63. The first kappa shape index (κ1) is 16.5. The van der Waals surface area contributed by atoms with Crippen molar-refractivity contribution in [2.75, 3.05) is 20.2 Å². The molecule has 1 aromatic rings. The van der Waals surface area contributed by atoms with Crippen molar-refractivity contribution in [1.82, 2.24) is 9.62 Å². The van der Waals surface area contributed by atoms with Gasteiger partial charge in [-0.2, -0.15) is 4.31 Å². The predicted molar refractivity (Wildman–Crippen MR) is 83.6 cm³/mol. The molecule has 2 saturated heterocycles. The minimum atomic E-state index is -3.41. The number of methoxy groups -OCH3 is 1. The molecule has 5 nitrogen and oxygen atoms in total. The Hall–Kier alpha value is -0.820. The highest BCUT2D eigenvalue weighted by Crippen LogP contribution is 2.34. The van der Waals surface area contributed by atoms with Crippen molar-refractivity contribution >= 4 is 22.4 Å². The lowest BCUT2D eigenvalue weighted by molar-refractivity contribution is 0.334. The maximum atomic E-state index is 12.9. The van der Waals surface area contributed by atoms with Crippen molar-refractivity contribution in [1.29, 1.82) is 0 Å². The number of sulfonamides is 1. The molecule has 3 rings (SSSR count). The van der Waals surface area contributed by atoms with Crippen LogP contribution in [-0.4, -0.2) is 45.0 Å². The average molecular weight is 333 g/mol. The molecule has 2 fully saturated rings. The number of fused-ring (bicyclic) bond motifs is 2. The third-order valence-corrected chi connectivity index (χ3v) is 6.24. The van der Waals surface area contributed by atoms with Crippen LogP contribution in [0.5, 0.6) is 5.75 Å². The van der Waals surface area contributed by atoms with Crippen LogP contribution in [0.3, 0.4) is 0 Å². The number of ether oxygens (including phenoxy) is 1. The molecule has 1 N–H and O–H groups in total. The smallest absolute Gasteiger partial charge is 0.243 e. The molecule has 0 amide bonds. The molecular weight excluding hydrogens is 312 g/mol. The molecule has 1 aromatic carbocycles. The van der Waals surface area contributed by atoms with Gasteiger partial charge in [0.15, 0.2) is 0 Å². The van der Waals surface area contributed by atoms with Crippen LogP contribution < -0.4 is 10.1 Å². The number of benzene rings is 1. The van der Waals surface area contributed by atoms with Gasteiger partial charge in [0.05, 0.1) is 12.0 Å². The Kier molecular flexibility index (Phi) is 5.14. The summed E-state index contributed by atoms with van der Waals surface area (Å²) in [5.41, 5.74) is 0. The summed E-state index contributed by atoms with van der Waals surface area (Å²) in [6, 6.07) is 6.89. The molecular formula is C14H21ClN2O3S. The Bertz CT molecular complexity index is 562. The maximum Gasteiger partial charge on any atom is 0.243 e. The molecule has 2 bridgehead atoms. The zero-order chi connectivity index (χ0) is 14.2. The maximum absolute atomic E-state index is 12.9. The van der Waals surface area contributed by atoms with Crippen LogP contribution in [-0.2, 0) is 10.0 Å². The van der Waals surface area contributed by atoms with Gasteiger partial charge in [-0.1, -0.05) is 0 Å². The largest absolute Gasteiger partial charge is 0.497 e. The van der Waals surface area contributed by atoms with Crippen LogP contribution in [0.4, 0.5) is 0 Å². The van der Waals surface area contributed by atoms with Gasteiger partial charge in [0.1, 0.15) is 5.75 Å². The summed E-state index contributed by atoms with van der Waals surface area (Å²) in [6.07, 6.45) is 2.82. The zero-order valence-corrected chi connectivity index (χ0v) is 13.6. The van der Waals surface area contributed by atoms with Gasteiger partial charge in [-0.15, -0.1) is 12.4 Å². The summed E-state index contributed by atoms with van der Waals surface area (Å²) in [4.78, 5) is 0.358. The van der Waals surface area contributed by atoms with Crippen LogP contribution in [0.15, 0.2) is 29.2 Å². The quantitative estimate of drug-likeness (QED) is 0.914. The minimum absolute atomic E-state index is 0. The van der Waals surface area contributed by atoms with Gasteiger partial charge in [0.25, 0.3) is 0 Å². The molecule has 118 valence electrons. The lowest BCUT2D eigenvalue weighted by atomic mass is 10.1. The molecule has 2 aliphatic rings. The van der Waals surface area contributed by atoms with E-state index in [1.165, 1.54) is 0 Å². The van der Waals surface area contributed by atoms with E-state index in [1.807, 2.05) is 0 Å². The fraction of sp³-hybridized carbons (Fsp3) is 0.571. The Balaban J connectivity index is 0.00000161. The predicted octanol–water partition coefficient (Wildman–Crippen LogP) is 1.63. The van der Waals surface area contributed by atoms with E-state index in [0.29, 0.717) is 10.6 Å². The van der Waals surface area contributed by atoms with Gasteiger partial charge in [-0.25, -0.2) is 8.42 Å². The zero-order valence-electron chi connectivity index (χ0n) is 12.0. The first-order valence-corrected chi connectivity index (χ1v) is 8.45. The molecule has 2 heterocycles. The summed E-state index contributed by atoms with van der Waals surface area (Å²) in [5.74, 6) is 0.671. The van der Waals surface area contributed by atoms with E-state index in [0.717, 1.165) is 32.4 Å². The van der Waals surface area contributed by atoms with Crippen molar-refractivity contribution in [2.24, 2.45) is 0 Å². The SMILES string of the molecule is COc1ccc(S(=O)(=O)N2C3CCNCC2CC3)cc1.Cl. The highest BCUT2D eigenvalue weighted by Gasteiger charge is 2.42. The minimum Gasteiger partial charge on any atom is -0.497 e. The molecule has 7 heteroatoms. The van der Waals surface area contributed by atoms with E-state index < -0.39 is 10.0 Å². The van der Waals surface area contributed by atoms with Gasteiger partial charge < -0.3 is 10.1 Å². The third-order valence-electron chi connectivity index (χ3n) is 4.22. The van der Waals surface area contributed by atoms with E-state index in [9.17, 15) is 8.42 Å². The van der Waals surface area contributed by atoms with Crippen LogP contribution in [0.1, 0.15) is 19.3 Å². The summed E-state index contributed by atoms with van der Waals surface area (Å²) in [5, 5.41) is 3.32. The summed E-state index contributed by atoms with van der Waals surface area (Å²) in [6.45, 7) is 1.65. The van der Waals surface area contributed by atoms with Gasteiger partial charge in [0, 0.05) is 18.6 Å². The Labute approximate surface area is 132 Å². The second-order valence-corrected chi connectivity index (χ2v) is 7.23. The molecule has 2 aliphatic heterocycles. The molecule has 0 aliphatic carbocycles. The van der Waals surface area contributed by atoms with E-state index in [-0.39, 0.29) is 24.5 Å². The van der Waals surface area contributed by atoms with Crippen molar-refractivity contribution < 1.29 is 13.2 Å². The lowest BCUT2D eigenvalue weighted by Crippen LogP contribution is -2.42. The van der Waals surface area contributed by atoms with E-state index in [4.69, 9.17) is 4.74 Å². The van der Waals surface area contributed by atoms with Crippen molar-refractivity contribution in [3.63, 3.8) is 0 Å². The Morgan fingerprint density at radius 1 is 1.14 bits per heavy atom. The summed E-state index contributed by atoms with van der Waals surface area (Å²) < 4.78 is 32.5. The summed E-state index contributed by atoms with van der Waals surface area (Å²) >= 11 is 0. The van der Waals surface area contributed by atoms with Gasteiger partial charge >= 0.3 is 0 Å². The Morgan fingerprint density at radius 2 is 1.81 bits per heavy atom. The molecule has 0 aromatic heterocycles. The normalized spacial score (nSPS) is 26.0. The van der Waals surface area contributed by atoms with Gasteiger partial charge in [0.2, 0.25) is 10.0 Å². The number of hydrogen-bond donors (Lipinski definition) is 1. The van der Waals surface area contributed by atoms with E-state index in [2.05, 4.69) is 5.32 Å². The molecule has 2 unspecified atom stereocenters. The third kappa shape index (κ3) is 3.04. The standard InChI is InChI=1S/C14H20N2O3S.ClH/c1-19-13-4-6-14(7-5-13)20(17,18)16-11-2-3-12(16)10-15-9-8-11;/h4-7,11-12,15H,2-3,8-10H2,1H3;1H. The number of nitrogens with zero attached hydrogens (tertiary/aromatic N) is 1. The molecule has 0 radical (unpaired) electrons. The number of nitrogens with one attached hydrogen (secondary N) is 1. The van der Waals surface area contributed by atoms with Crippen molar-refractivity contribution in [3.8, 4) is 5.75 Å². The molecule has 21 heavy (non-hydrogen) atoms. The van der Waals surface area contributed by atoms with Crippen molar-refractivity contribution in [2.45, 2.75) is 36.2 Å². The number of rotatable bonds is 3. The van der Waals surface area contributed by atoms with Crippen LogP contribution in [0, 0.1) is 0 Å². The molecule has 0 saturated carbocycles. The van der Waals surface area contributed by atoms with Crippen LogP contribution >= 0.6 is 12.4 Å². The van der Waals surface area contributed by atoms with E-state index >= 15 is 0 Å². The van der Waals surface area contributed by atoms with Crippen molar-refractivity contribution in [3.05, 3.63) is 24.3 Å². The number of hydrogen-bond acceptors (Lipinski definition) is 4. The van der Waals surface area contributed by atoms with Gasteiger partial charge in [-0.3, -0.25) is 0 Å². The summed E-state index contributed by atoms with van der Waals surface area (Å²) in [7, 11) is -1.83. The second kappa shape index (κ2) is 6.52. The monoisotopic (exact) mass is 332 g/mol. The fourth-order valence-corrected chi connectivity index (χ4v) is 5.10. The first-order valence-electron chi connectivity index (χ1n) is 7.01. The van der Waals surface area contributed by atoms with E-state index in [1.54, 1.807) is 35.7 Å². The van der Waals surface area contributed by atoms with Gasteiger partial charge in [-0.05, 0) is 50.1 Å². The fourth-order valence-electron chi connectivity index (χ4n) is 3.20. The number of halogens is 1.